The van der Waals surface area contributed by atoms with Gasteiger partial charge in [0.15, 0.2) is 0 Å². The average Bonchev–Trinajstić information content (AvgIpc) is 2.47. The van der Waals surface area contributed by atoms with Gasteiger partial charge in [0.25, 0.3) is 0 Å². The Labute approximate surface area is 86.7 Å². The Morgan fingerprint density at radius 1 is 1.31 bits per heavy atom. The second kappa shape index (κ2) is 3.24. The molecule has 2 rings (SSSR count). The van der Waals surface area contributed by atoms with E-state index in [2.05, 4.69) is 11.9 Å². The summed E-state index contributed by atoms with van der Waals surface area (Å²) in [6.45, 7) is 2.10. The van der Waals surface area contributed by atoms with Gasteiger partial charge < -0.3 is 4.98 Å². The van der Waals surface area contributed by atoms with Crippen LogP contribution >= 0.6 is 23.2 Å². The highest BCUT2D eigenvalue weighted by molar-refractivity contribution is 6.38. The van der Waals surface area contributed by atoms with Gasteiger partial charge in [-0.1, -0.05) is 30.1 Å². The Balaban J connectivity index is 2.82. The lowest BCUT2D eigenvalue weighted by molar-refractivity contribution is 1.15. The standard InChI is InChI=1S/C10H9Cl2N/c1-2-6-5-13-9-4-7(11)3-8(12)10(6)9/h3-5,13H,2H2,1H3. The zero-order valence-corrected chi connectivity index (χ0v) is 8.71. The fourth-order valence-corrected chi connectivity index (χ4v) is 2.14. The van der Waals surface area contributed by atoms with Gasteiger partial charge in [0.1, 0.15) is 0 Å². The van der Waals surface area contributed by atoms with E-state index in [4.69, 9.17) is 23.2 Å². The highest BCUT2D eigenvalue weighted by Gasteiger charge is 2.06. The summed E-state index contributed by atoms with van der Waals surface area (Å²) in [6, 6.07) is 3.67. The van der Waals surface area contributed by atoms with Crippen molar-refractivity contribution in [3.63, 3.8) is 0 Å². The molecule has 1 N–H and O–H groups in total. The van der Waals surface area contributed by atoms with Crippen molar-refractivity contribution in [3.05, 3.63) is 33.9 Å². The first kappa shape index (κ1) is 8.92. The van der Waals surface area contributed by atoms with Crippen molar-refractivity contribution in [1.82, 2.24) is 4.98 Å². The van der Waals surface area contributed by atoms with Crippen LogP contribution in [0.4, 0.5) is 0 Å². The molecule has 0 bridgehead atoms. The lowest BCUT2D eigenvalue weighted by Crippen LogP contribution is -1.77. The number of rotatable bonds is 1. The lowest BCUT2D eigenvalue weighted by Gasteiger charge is -1.98. The first-order valence-corrected chi connectivity index (χ1v) is 4.93. The molecular weight excluding hydrogens is 205 g/mol. The van der Waals surface area contributed by atoms with Crippen molar-refractivity contribution in [2.24, 2.45) is 0 Å². The van der Waals surface area contributed by atoms with E-state index in [1.165, 1.54) is 5.56 Å². The van der Waals surface area contributed by atoms with Crippen LogP contribution in [0, 0.1) is 0 Å². The minimum absolute atomic E-state index is 0.669. The Morgan fingerprint density at radius 3 is 2.77 bits per heavy atom. The van der Waals surface area contributed by atoms with Crippen molar-refractivity contribution in [3.8, 4) is 0 Å². The fourth-order valence-electron chi connectivity index (χ4n) is 1.53. The van der Waals surface area contributed by atoms with E-state index in [0.717, 1.165) is 22.3 Å². The first-order chi connectivity index (χ1) is 6.22. The highest BCUT2D eigenvalue weighted by atomic mass is 35.5. The maximum absolute atomic E-state index is 6.08. The van der Waals surface area contributed by atoms with E-state index in [0.29, 0.717) is 5.02 Å². The summed E-state index contributed by atoms with van der Waals surface area (Å²) in [6.07, 6.45) is 2.95. The van der Waals surface area contributed by atoms with Crippen LogP contribution in [-0.4, -0.2) is 4.98 Å². The summed E-state index contributed by atoms with van der Waals surface area (Å²) in [4.78, 5) is 3.15. The fraction of sp³-hybridized carbons (Fsp3) is 0.200. The molecule has 0 radical (unpaired) electrons. The number of aryl methyl sites for hydroxylation is 1. The van der Waals surface area contributed by atoms with Crippen LogP contribution in [0.3, 0.4) is 0 Å². The van der Waals surface area contributed by atoms with Gasteiger partial charge in [-0.2, -0.15) is 0 Å². The van der Waals surface area contributed by atoms with Crippen LogP contribution in [0.5, 0.6) is 0 Å². The third kappa shape index (κ3) is 1.43. The normalized spacial score (nSPS) is 11.0. The number of aromatic nitrogens is 1. The molecule has 2 aromatic rings. The molecule has 0 unspecified atom stereocenters. The number of benzene rings is 1. The molecule has 1 heterocycles. The summed E-state index contributed by atoms with van der Waals surface area (Å²) in [7, 11) is 0. The van der Waals surface area contributed by atoms with Crippen LogP contribution in [0.25, 0.3) is 10.9 Å². The van der Waals surface area contributed by atoms with Gasteiger partial charge >= 0.3 is 0 Å². The molecule has 1 nitrogen and oxygen atoms in total. The van der Waals surface area contributed by atoms with Crippen LogP contribution in [0.2, 0.25) is 10.0 Å². The summed E-state index contributed by atoms with van der Waals surface area (Å²) < 4.78 is 0. The molecule has 0 saturated heterocycles. The number of halogens is 2. The average molecular weight is 214 g/mol. The van der Waals surface area contributed by atoms with Crippen molar-refractivity contribution in [1.29, 1.82) is 0 Å². The molecule has 1 aromatic heterocycles. The SMILES string of the molecule is CCc1c[nH]c2cc(Cl)cc(Cl)c12. The van der Waals surface area contributed by atoms with E-state index < -0.39 is 0 Å². The molecule has 0 spiro atoms. The lowest BCUT2D eigenvalue weighted by atomic mass is 10.1. The molecular formula is C10H9Cl2N. The van der Waals surface area contributed by atoms with E-state index in [1.807, 2.05) is 12.3 Å². The van der Waals surface area contributed by atoms with Crippen LogP contribution in [-0.2, 0) is 6.42 Å². The Hall–Kier alpha value is -0.660. The van der Waals surface area contributed by atoms with Crippen molar-refractivity contribution in [2.75, 3.05) is 0 Å². The van der Waals surface area contributed by atoms with Crippen LogP contribution in [0.1, 0.15) is 12.5 Å². The molecule has 0 fully saturated rings. The smallest absolute Gasteiger partial charge is 0.0517 e. The summed E-state index contributed by atoms with van der Waals surface area (Å²) in [5, 5.41) is 2.48. The molecule has 0 atom stereocenters. The Morgan fingerprint density at radius 2 is 2.08 bits per heavy atom. The van der Waals surface area contributed by atoms with Crippen LogP contribution in [0.15, 0.2) is 18.3 Å². The molecule has 0 aliphatic carbocycles. The molecule has 0 saturated carbocycles. The summed E-state index contributed by atoms with van der Waals surface area (Å²) >= 11 is 12.0. The monoisotopic (exact) mass is 213 g/mol. The number of hydrogen-bond donors (Lipinski definition) is 1. The molecule has 68 valence electrons. The van der Waals surface area contributed by atoms with E-state index in [-0.39, 0.29) is 0 Å². The Kier molecular flexibility index (Phi) is 2.22. The van der Waals surface area contributed by atoms with E-state index in [9.17, 15) is 0 Å². The first-order valence-electron chi connectivity index (χ1n) is 4.17. The maximum atomic E-state index is 6.08. The zero-order chi connectivity index (χ0) is 9.42. The predicted molar refractivity (Wildman–Crippen MR) is 57.7 cm³/mol. The molecule has 0 amide bonds. The predicted octanol–water partition coefficient (Wildman–Crippen LogP) is 4.04. The number of H-pyrrole nitrogens is 1. The van der Waals surface area contributed by atoms with Gasteiger partial charge in [0, 0.05) is 22.1 Å². The van der Waals surface area contributed by atoms with Gasteiger partial charge in [-0.25, -0.2) is 0 Å². The number of nitrogens with one attached hydrogen (secondary N) is 1. The van der Waals surface area contributed by atoms with Gasteiger partial charge in [-0.15, -0.1) is 0 Å². The number of hydrogen-bond acceptors (Lipinski definition) is 0. The third-order valence-corrected chi connectivity index (χ3v) is 2.68. The number of fused-ring (bicyclic) bond motifs is 1. The second-order valence-corrected chi connectivity index (χ2v) is 3.82. The van der Waals surface area contributed by atoms with Crippen molar-refractivity contribution in [2.45, 2.75) is 13.3 Å². The van der Waals surface area contributed by atoms with Gasteiger partial charge in [-0.3, -0.25) is 0 Å². The molecule has 0 aliphatic rings. The topological polar surface area (TPSA) is 15.8 Å². The van der Waals surface area contributed by atoms with Crippen molar-refractivity contribution < 1.29 is 0 Å². The summed E-state index contributed by atoms with van der Waals surface area (Å²) in [5.41, 5.74) is 2.24. The molecule has 3 heteroatoms. The third-order valence-electron chi connectivity index (χ3n) is 2.16. The Bertz CT molecular complexity index is 445. The second-order valence-electron chi connectivity index (χ2n) is 2.98. The quantitative estimate of drug-likeness (QED) is 0.737. The summed E-state index contributed by atoms with van der Waals surface area (Å²) in [5.74, 6) is 0. The minimum atomic E-state index is 0.669. The van der Waals surface area contributed by atoms with Crippen molar-refractivity contribution >= 4 is 34.1 Å². The highest BCUT2D eigenvalue weighted by Crippen LogP contribution is 2.30. The molecule has 13 heavy (non-hydrogen) atoms. The van der Waals surface area contributed by atoms with Gasteiger partial charge in [0.2, 0.25) is 0 Å². The largest absolute Gasteiger partial charge is 0.361 e. The van der Waals surface area contributed by atoms with E-state index in [1.54, 1.807) is 6.07 Å². The van der Waals surface area contributed by atoms with Crippen LogP contribution < -0.4 is 0 Å². The van der Waals surface area contributed by atoms with Gasteiger partial charge in [0.05, 0.1) is 5.02 Å². The minimum Gasteiger partial charge on any atom is -0.361 e. The molecule has 1 aromatic carbocycles. The zero-order valence-electron chi connectivity index (χ0n) is 7.20. The van der Waals surface area contributed by atoms with E-state index >= 15 is 0 Å². The maximum Gasteiger partial charge on any atom is 0.0517 e. The van der Waals surface area contributed by atoms with Gasteiger partial charge in [-0.05, 0) is 24.1 Å². The number of aromatic amines is 1. The molecule has 0 aliphatic heterocycles.